The Kier molecular flexibility index (Phi) is 3.91. The van der Waals surface area contributed by atoms with Gasteiger partial charge in [0.25, 0.3) is 0 Å². The second kappa shape index (κ2) is 4.79. The zero-order chi connectivity index (χ0) is 11.5. The van der Waals surface area contributed by atoms with Gasteiger partial charge in [0.2, 0.25) is 5.91 Å². The van der Waals surface area contributed by atoms with Crippen LogP contribution in [0.3, 0.4) is 0 Å². The number of nitrogens with one attached hydrogen (secondary N) is 1. The van der Waals surface area contributed by atoms with Crippen LogP contribution in [0.1, 0.15) is 33.6 Å². The lowest BCUT2D eigenvalue weighted by atomic mass is 10.0. The first-order valence-electron chi connectivity index (χ1n) is 5.62. The Morgan fingerprint density at radius 2 is 2.27 bits per heavy atom. The van der Waals surface area contributed by atoms with Gasteiger partial charge in [0.15, 0.2) is 0 Å². The molecule has 1 N–H and O–H groups in total. The Balaban J connectivity index is 2.70. The third kappa shape index (κ3) is 3.06. The van der Waals surface area contributed by atoms with Crippen molar-refractivity contribution in [2.24, 2.45) is 0 Å². The van der Waals surface area contributed by atoms with Gasteiger partial charge in [-0.2, -0.15) is 0 Å². The molecular weight excluding hydrogens is 188 g/mol. The first kappa shape index (κ1) is 12.2. The summed E-state index contributed by atoms with van der Waals surface area (Å²) in [4.78, 5) is 14.1. The highest BCUT2D eigenvalue weighted by Crippen LogP contribution is 2.17. The monoisotopic (exact) mass is 210 g/mol. The van der Waals surface area contributed by atoms with Crippen molar-refractivity contribution in [1.29, 1.82) is 0 Å². The fraction of sp³-hybridized carbons (Fsp3) is 0.750. The number of rotatable bonds is 3. The molecule has 3 heteroatoms. The Morgan fingerprint density at radius 3 is 2.67 bits per heavy atom. The van der Waals surface area contributed by atoms with E-state index < -0.39 is 0 Å². The first-order valence-corrected chi connectivity index (χ1v) is 5.62. The highest BCUT2D eigenvalue weighted by molar-refractivity contribution is 5.83. The normalized spacial score (nSPS) is 21.4. The van der Waals surface area contributed by atoms with E-state index in [1.165, 1.54) is 0 Å². The quantitative estimate of drug-likeness (QED) is 0.717. The van der Waals surface area contributed by atoms with Gasteiger partial charge in [-0.15, -0.1) is 6.58 Å². The van der Waals surface area contributed by atoms with Crippen LogP contribution in [0.2, 0.25) is 0 Å². The van der Waals surface area contributed by atoms with Crippen molar-refractivity contribution >= 4 is 5.91 Å². The molecule has 0 aromatic heterocycles. The fourth-order valence-corrected chi connectivity index (χ4v) is 1.91. The van der Waals surface area contributed by atoms with Crippen LogP contribution < -0.4 is 5.32 Å². The molecule has 0 saturated carbocycles. The van der Waals surface area contributed by atoms with Gasteiger partial charge in [-0.25, -0.2) is 0 Å². The lowest BCUT2D eigenvalue weighted by Gasteiger charge is -2.36. The van der Waals surface area contributed by atoms with Crippen molar-refractivity contribution in [2.75, 3.05) is 13.1 Å². The summed E-state index contributed by atoms with van der Waals surface area (Å²) in [6.07, 6.45) is 3.85. The molecule has 1 atom stereocenters. The maximum atomic E-state index is 12.2. The van der Waals surface area contributed by atoms with Crippen molar-refractivity contribution in [2.45, 2.75) is 45.2 Å². The Morgan fingerprint density at radius 1 is 1.60 bits per heavy atom. The summed E-state index contributed by atoms with van der Waals surface area (Å²) in [7, 11) is 0. The maximum absolute atomic E-state index is 12.2. The van der Waals surface area contributed by atoms with Crippen LogP contribution in [-0.4, -0.2) is 35.5 Å². The van der Waals surface area contributed by atoms with Gasteiger partial charge < -0.3 is 10.2 Å². The van der Waals surface area contributed by atoms with Gasteiger partial charge in [-0.05, 0) is 40.2 Å². The largest absolute Gasteiger partial charge is 0.333 e. The van der Waals surface area contributed by atoms with Gasteiger partial charge in [0, 0.05) is 12.1 Å². The molecule has 1 unspecified atom stereocenters. The highest BCUT2D eigenvalue weighted by atomic mass is 16.2. The third-order valence-electron chi connectivity index (χ3n) is 2.75. The summed E-state index contributed by atoms with van der Waals surface area (Å²) >= 11 is 0. The Bertz CT molecular complexity index is 236. The van der Waals surface area contributed by atoms with Crippen LogP contribution in [0.4, 0.5) is 0 Å². The molecule has 1 fully saturated rings. The third-order valence-corrected chi connectivity index (χ3v) is 2.75. The number of carbonyl (C=O) groups excluding carboxylic acids is 1. The molecule has 1 heterocycles. The highest BCUT2D eigenvalue weighted by Gasteiger charge is 2.32. The van der Waals surface area contributed by atoms with Crippen molar-refractivity contribution in [3.63, 3.8) is 0 Å². The molecule has 0 aliphatic carbocycles. The average Bonchev–Trinajstić information content (AvgIpc) is 2.63. The van der Waals surface area contributed by atoms with Gasteiger partial charge in [0.1, 0.15) is 0 Å². The van der Waals surface area contributed by atoms with Gasteiger partial charge in [-0.3, -0.25) is 4.79 Å². The van der Waals surface area contributed by atoms with E-state index >= 15 is 0 Å². The predicted octanol–water partition coefficient (Wildman–Crippen LogP) is 1.55. The van der Waals surface area contributed by atoms with Gasteiger partial charge >= 0.3 is 0 Å². The number of carbonyl (C=O) groups is 1. The second-order valence-corrected chi connectivity index (χ2v) is 5.06. The second-order valence-electron chi connectivity index (χ2n) is 5.06. The average molecular weight is 210 g/mol. The van der Waals surface area contributed by atoms with Crippen molar-refractivity contribution < 1.29 is 4.79 Å². The number of hydrogen-bond acceptors (Lipinski definition) is 2. The summed E-state index contributed by atoms with van der Waals surface area (Å²) in [5, 5.41) is 3.24. The SMILES string of the molecule is C=CCN(C(=O)C1CCCN1)C(C)(C)C. The van der Waals surface area contributed by atoms with E-state index in [1.807, 2.05) is 4.90 Å². The summed E-state index contributed by atoms with van der Waals surface area (Å²) in [5.74, 6) is 0.208. The molecule has 86 valence electrons. The van der Waals surface area contributed by atoms with E-state index in [0.717, 1.165) is 19.4 Å². The molecular formula is C12H22N2O. The summed E-state index contributed by atoms with van der Waals surface area (Å²) in [5.41, 5.74) is -0.129. The molecule has 1 rings (SSSR count). The fourth-order valence-electron chi connectivity index (χ4n) is 1.91. The molecule has 0 spiro atoms. The van der Waals surface area contributed by atoms with Crippen LogP contribution in [0.25, 0.3) is 0 Å². The summed E-state index contributed by atoms with van der Waals surface area (Å²) in [6, 6.07) is 0.0178. The predicted molar refractivity (Wildman–Crippen MR) is 62.7 cm³/mol. The molecule has 1 saturated heterocycles. The zero-order valence-corrected chi connectivity index (χ0v) is 10.0. The van der Waals surface area contributed by atoms with Crippen LogP contribution in [0, 0.1) is 0 Å². The molecule has 1 aliphatic rings. The Hall–Kier alpha value is -0.830. The van der Waals surface area contributed by atoms with Crippen molar-refractivity contribution in [3.8, 4) is 0 Å². The standard InChI is InChI=1S/C12H22N2O/c1-5-9-14(12(2,3)4)11(15)10-7-6-8-13-10/h5,10,13H,1,6-9H2,2-4H3. The lowest BCUT2D eigenvalue weighted by Crippen LogP contribution is -2.52. The maximum Gasteiger partial charge on any atom is 0.240 e. The van der Waals surface area contributed by atoms with E-state index in [2.05, 4.69) is 32.7 Å². The minimum absolute atomic E-state index is 0.0178. The van der Waals surface area contributed by atoms with Crippen LogP contribution >= 0.6 is 0 Å². The molecule has 0 aromatic rings. The molecule has 1 amide bonds. The van der Waals surface area contributed by atoms with Crippen molar-refractivity contribution in [3.05, 3.63) is 12.7 Å². The van der Waals surface area contributed by atoms with Crippen molar-refractivity contribution in [1.82, 2.24) is 10.2 Å². The minimum Gasteiger partial charge on any atom is -0.333 e. The summed E-state index contributed by atoms with van der Waals surface area (Å²) < 4.78 is 0. The lowest BCUT2D eigenvalue weighted by molar-refractivity contribution is -0.137. The van der Waals surface area contributed by atoms with Gasteiger partial charge in [0.05, 0.1) is 6.04 Å². The smallest absolute Gasteiger partial charge is 0.240 e. The Labute approximate surface area is 92.5 Å². The van der Waals surface area contributed by atoms with Crippen LogP contribution in [0.15, 0.2) is 12.7 Å². The molecule has 1 aliphatic heterocycles. The number of amides is 1. The summed E-state index contributed by atoms with van der Waals surface area (Å²) in [6.45, 7) is 11.5. The molecule has 0 radical (unpaired) electrons. The van der Waals surface area contributed by atoms with E-state index in [9.17, 15) is 4.79 Å². The molecule has 3 nitrogen and oxygen atoms in total. The van der Waals surface area contributed by atoms with Crippen LogP contribution in [0.5, 0.6) is 0 Å². The van der Waals surface area contributed by atoms with E-state index in [1.54, 1.807) is 6.08 Å². The van der Waals surface area contributed by atoms with Crippen LogP contribution in [-0.2, 0) is 4.79 Å². The van der Waals surface area contributed by atoms with E-state index in [4.69, 9.17) is 0 Å². The van der Waals surface area contributed by atoms with E-state index in [-0.39, 0.29) is 17.5 Å². The molecule has 0 bridgehead atoms. The number of nitrogens with zero attached hydrogens (tertiary/aromatic N) is 1. The minimum atomic E-state index is -0.129. The number of hydrogen-bond donors (Lipinski definition) is 1. The zero-order valence-electron chi connectivity index (χ0n) is 10.0. The molecule has 0 aromatic carbocycles. The topological polar surface area (TPSA) is 32.3 Å². The van der Waals surface area contributed by atoms with Gasteiger partial charge in [-0.1, -0.05) is 6.08 Å². The first-order chi connectivity index (χ1) is 6.96. The molecule has 15 heavy (non-hydrogen) atoms. The van der Waals surface area contributed by atoms with E-state index in [0.29, 0.717) is 6.54 Å².